The standard InChI is InChI=1S/C14H13ClN4O2/c1-8-5-9(13(20)16-2)3-4-10(8)19-14(21)11-6-17-7-12(15)18-11/h3-7H,1-2H3,(H,16,20)(H,19,21). The fraction of sp³-hybridized carbons (Fsp3) is 0.143. The second kappa shape index (κ2) is 6.32. The summed E-state index contributed by atoms with van der Waals surface area (Å²) in [5.74, 6) is -0.600. The topological polar surface area (TPSA) is 84.0 Å². The average molecular weight is 305 g/mol. The van der Waals surface area contributed by atoms with Gasteiger partial charge in [-0.25, -0.2) is 4.98 Å². The molecule has 2 aromatic rings. The Labute approximate surface area is 126 Å². The molecular formula is C14H13ClN4O2. The highest BCUT2D eigenvalue weighted by Crippen LogP contribution is 2.17. The maximum atomic E-state index is 12.0. The molecule has 0 radical (unpaired) electrons. The fourth-order valence-electron chi connectivity index (χ4n) is 1.73. The number of rotatable bonds is 3. The van der Waals surface area contributed by atoms with E-state index in [-0.39, 0.29) is 16.8 Å². The molecule has 0 aliphatic rings. The van der Waals surface area contributed by atoms with Crippen LogP contribution in [0.5, 0.6) is 0 Å². The third-order valence-electron chi connectivity index (χ3n) is 2.80. The zero-order chi connectivity index (χ0) is 15.4. The molecule has 108 valence electrons. The van der Waals surface area contributed by atoms with Crippen molar-refractivity contribution < 1.29 is 9.59 Å². The van der Waals surface area contributed by atoms with Gasteiger partial charge < -0.3 is 10.6 Å². The van der Waals surface area contributed by atoms with Crippen LogP contribution < -0.4 is 10.6 Å². The summed E-state index contributed by atoms with van der Waals surface area (Å²) in [6.45, 7) is 1.80. The number of benzene rings is 1. The molecule has 0 spiro atoms. The lowest BCUT2D eigenvalue weighted by molar-refractivity contribution is 0.0962. The highest BCUT2D eigenvalue weighted by Gasteiger charge is 2.11. The van der Waals surface area contributed by atoms with E-state index in [0.717, 1.165) is 5.56 Å². The van der Waals surface area contributed by atoms with Gasteiger partial charge in [0, 0.05) is 18.3 Å². The van der Waals surface area contributed by atoms with Crippen molar-refractivity contribution in [1.29, 1.82) is 0 Å². The summed E-state index contributed by atoms with van der Waals surface area (Å²) < 4.78 is 0. The van der Waals surface area contributed by atoms with Gasteiger partial charge in [0.1, 0.15) is 10.8 Å². The molecule has 1 aromatic carbocycles. The van der Waals surface area contributed by atoms with Crippen LogP contribution >= 0.6 is 11.6 Å². The number of nitrogens with one attached hydrogen (secondary N) is 2. The first-order chi connectivity index (χ1) is 10.0. The van der Waals surface area contributed by atoms with Crippen molar-refractivity contribution in [3.8, 4) is 0 Å². The summed E-state index contributed by atoms with van der Waals surface area (Å²) in [6, 6.07) is 4.99. The summed E-state index contributed by atoms with van der Waals surface area (Å²) in [5.41, 5.74) is 2.00. The Morgan fingerprint density at radius 2 is 1.95 bits per heavy atom. The Morgan fingerprint density at radius 3 is 2.57 bits per heavy atom. The van der Waals surface area contributed by atoms with Gasteiger partial charge in [0.05, 0.1) is 12.4 Å². The van der Waals surface area contributed by atoms with Crippen molar-refractivity contribution in [3.63, 3.8) is 0 Å². The zero-order valence-corrected chi connectivity index (χ0v) is 12.2. The molecule has 0 unspecified atom stereocenters. The van der Waals surface area contributed by atoms with Crippen LogP contribution in [0.2, 0.25) is 5.15 Å². The normalized spacial score (nSPS) is 10.0. The monoisotopic (exact) mass is 304 g/mol. The first kappa shape index (κ1) is 14.9. The number of halogens is 1. The Kier molecular flexibility index (Phi) is 4.49. The molecule has 0 aliphatic heterocycles. The SMILES string of the molecule is CNC(=O)c1ccc(NC(=O)c2cncc(Cl)n2)c(C)c1. The number of anilines is 1. The first-order valence-corrected chi connectivity index (χ1v) is 6.50. The van der Waals surface area contributed by atoms with Crippen LogP contribution in [-0.4, -0.2) is 28.8 Å². The van der Waals surface area contributed by atoms with Gasteiger partial charge in [0.15, 0.2) is 0 Å². The number of amides is 2. The number of aryl methyl sites for hydroxylation is 1. The minimum Gasteiger partial charge on any atom is -0.355 e. The molecular weight excluding hydrogens is 292 g/mol. The van der Waals surface area contributed by atoms with Crippen LogP contribution in [0, 0.1) is 6.92 Å². The van der Waals surface area contributed by atoms with Crippen molar-refractivity contribution >= 4 is 29.1 Å². The number of carbonyl (C=O) groups excluding carboxylic acids is 2. The summed E-state index contributed by atoms with van der Waals surface area (Å²) >= 11 is 5.70. The Hall–Kier alpha value is -2.47. The van der Waals surface area contributed by atoms with Crippen LogP contribution in [0.25, 0.3) is 0 Å². The Morgan fingerprint density at radius 1 is 1.19 bits per heavy atom. The van der Waals surface area contributed by atoms with Gasteiger partial charge in [0.2, 0.25) is 0 Å². The van der Waals surface area contributed by atoms with Gasteiger partial charge in [-0.15, -0.1) is 0 Å². The van der Waals surface area contributed by atoms with Gasteiger partial charge in [0.25, 0.3) is 11.8 Å². The summed E-state index contributed by atoms with van der Waals surface area (Å²) in [7, 11) is 1.56. The fourth-order valence-corrected chi connectivity index (χ4v) is 1.87. The van der Waals surface area contributed by atoms with Crippen LogP contribution in [-0.2, 0) is 0 Å². The van der Waals surface area contributed by atoms with Gasteiger partial charge in [-0.3, -0.25) is 14.6 Å². The molecule has 6 nitrogen and oxygen atoms in total. The Balaban J connectivity index is 2.20. The third kappa shape index (κ3) is 3.55. The van der Waals surface area contributed by atoms with E-state index in [1.807, 2.05) is 0 Å². The van der Waals surface area contributed by atoms with Crippen LogP contribution in [0.3, 0.4) is 0 Å². The van der Waals surface area contributed by atoms with E-state index in [2.05, 4.69) is 20.6 Å². The predicted molar refractivity (Wildman–Crippen MR) is 79.6 cm³/mol. The number of hydrogen-bond donors (Lipinski definition) is 2. The van der Waals surface area contributed by atoms with Crippen molar-refractivity contribution in [2.24, 2.45) is 0 Å². The van der Waals surface area contributed by atoms with Gasteiger partial charge in [-0.05, 0) is 30.7 Å². The lowest BCUT2D eigenvalue weighted by Gasteiger charge is -2.09. The Bertz CT molecular complexity index is 703. The predicted octanol–water partition coefficient (Wildman–Crippen LogP) is 2.05. The van der Waals surface area contributed by atoms with E-state index >= 15 is 0 Å². The lowest BCUT2D eigenvalue weighted by Crippen LogP contribution is -2.18. The molecule has 0 bridgehead atoms. The molecule has 2 N–H and O–H groups in total. The van der Waals surface area contributed by atoms with E-state index in [0.29, 0.717) is 11.3 Å². The molecule has 0 saturated heterocycles. The van der Waals surface area contributed by atoms with E-state index in [9.17, 15) is 9.59 Å². The molecule has 0 aliphatic carbocycles. The van der Waals surface area contributed by atoms with Crippen molar-refractivity contribution in [1.82, 2.24) is 15.3 Å². The molecule has 2 rings (SSSR count). The summed E-state index contributed by atoms with van der Waals surface area (Å²) in [4.78, 5) is 31.3. The smallest absolute Gasteiger partial charge is 0.275 e. The molecule has 2 amide bonds. The van der Waals surface area contributed by atoms with E-state index in [1.165, 1.54) is 12.4 Å². The molecule has 7 heteroatoms. The number of carbonyl (C=O) groups is 2. The number of hydrogen-bond acceptors (Lipinski definition) is 4. The molecule has 0 saturated carbocycles. The van der Waals surface area contributed by atoms with E-state index in [4.69, 9.17) is 11.6 Å². The molecule has 0 fully saturated rings. The van der Waals surface area contributed by atoms with Crippen molar-refractivity contribution in [3.05, 3.63) is 52.6 Å². The maximum Gasteiger partial charge on any atom is 0.275 e. The molecule has 0 atom stereocenters. The highest BCUT2D eigenvalue weighted by atomic mass is 35.5. The molecule has 21 heavy (non-hydrogen) atoms. The van der Waals surface area contributed by atoms with Crippen LogP contribution in [0.1, 0.15) is 26.4 Å². The number of nitrogens with zero attached hydrogens (tertiary/aromatic N) is 2. The lowest BCUT2D eigenvalue weighted by atomic mass is 10.1. The van der Waals surface area contributed by atoms with E-state index in [1.54, 1.807) is 32.2 Å². The zero-order valence-electron chi connectivity index (χ0n) is 11.5. The van der Waals surface area contributed by atoms with Gasteiger partial charge >= 0.3 is 0 Å². The average Bonchev–Trinajstić information content (AvgIpc) is 2.48. The van der Waals surface area contributed by atoms with Crippen molar-refractivity contribution in [2.45, 2.75) is 6.92 Å². The summed E-state index contributed by atoms with van der Waals surface area (Å²) in [5, 5.41) is 5.40. The van der Waals surface area contributed by atoms with Crippen LogP contribution in [0.15, 0.2) is 30.6 Å². The van der Waals surface area contributed by atoms with Crippen LogP contribution in [0.4, 0.5) is 5.69 Å². The largest absolute Gasteiger partial charge is 0.355 e. The minimum atomic E-state index is -0.416. The number of aromatic nitrogens is 2. The second-order valence-electron chi connectivity index (χ2n) is 4.29. The van der Waals surface area contributed by atoms with Gasteiger partial charge in [-0.1, -0.05) is 11.6 Å². The summed E-state index contributed by atoms with van der Waals surface area (Å²) in [6.07, 6.45) is 2.68. The second-order valence-corrected chi connectivity index (χ2v) is 4.68. The third-order valence-corrected chi connectivity index (χ3v) is 2.98. The quantitative estimate of drug-likeness (QED) is 0.909. The highest BCUT2D eigenvalue weighted by molar-refractivity contribution is 6.29. The minimum absolute atomic E-state index is 0.122. The first-order valence-electron chi connectivity index (χ1n) is 6.13. The van der Waals surface area contributed by atoms with E-state index < -0.39 is 5.91 Å². The van der Waals surface area contributed by atoms with Gasteiger partial charge in [-0.2, -0.15) is 0 Å². The maximum absolute atomic E-state index is 12.0. The van der Waals surface area contributed by atoms with Crippen molar-refractivity contribution in [2.75, 3.05) is 12.4 Å². The molecule has 1 heterocycles. The molecule has 1 aromatic heterocycles.